The Labute approximate surface area is 209 Å². The Balaban J connectivity index is 1.41. The molecule has 0 spiro atoms. The van der Waals surface area contributed by atoms with Gasteiger partial charge < -0.3 is 27.8 Å². The van der Waals surface area contributed by atoms with E-state index in [0.717, 1.165) is 0 Å². The molecule has 0 aliphatic rings. The second kappa shape index (κ2) is 14.0. The second-order valence-corrected chi connectivity index (χ2v) is 7.52. The number of carbonyl (C=O) groups is 2. The Morgan fingerprint density at radius 1 is 0.750 bits per heavy atom. The van der Waals surface area contributed by atoms with Crippen LogP contribution in [0.2, 0.25) is 0 Å². The lowest BCUT2D eigenvalue weighted by molar-refractivity contribution is -0.146. The van der Waals surface area contributed by atoms with Crippen molar-refractivity contribution in [2.75, 3.05) is 13.2 Å². The Hall–Kier alpha value is -4.56. The molecule has 8 nitrogen and oxygen atoms in total. The monoisotopic (exact) mass is 490 g/mol. The lowest BCUT2D eigenvalue weighted by Crippen LogP contribution is -2.08. The van der Waals surface area contributed by atoms with Gasteiger partial charge in [-0.1, -0.05) is 11.8 Å². The Kier molecular flexibility index (Phi) is 10.1. The fourth-order valence-electron chi connectivity index (χ4n) is 3.06. The van der Waals surface area contributed by atoms with E-state index in [9.17, 15) is 9.59 Å². The van der Waals surface area contributed by atoms with Crippen LogP contribution in [-0.2, 0) is 32.3 Å². The van der Waals surface area contributed by atoms with Gasteiger partial charge in [-0.25, -0.2) is 0 Å². The highest BCUT2D eigenvalue weighted by atomic mass is 16.5. The smallest absolute Gasteiger partial charge is 0.306 e. The van der Waals surface area contributed by atoms with E-state index in [0.29, 0.717) is 47.0 Å². The lowest BCUT2D eigenvalue weighted by atomic mass is 10.1. The van der Waals surface area contributed by atoms with Crippen molar-refractivity contribution in [1.29, 1.82) is 0 Å². The first-order chi connectivity index (χ1) is 17.6. The number of terminal acetylenes is 2. The number of hydrogen-bond donors (Lipinski definition) is 0. The average Bonchev–Trinajstić information content (AvgIpc) is 3.61. The maximum atomic E-state index is 11.8. The van der Waals surface area contributed by atoms with E-state index in [4.69, 9.17) is 40.6 Å². The molecule has 3 rings (SSSR count). The molecular formula is C28H26O8. The van der Waals surface area contributed by atoms with Crippen molar-refractivity contribution in [2.45, 2.75) is 38.9 Å². The van der Waals surface area contributed by atoms with Crippen LogP contribution in [0.5, 0.6) is 11.5 Å². The van der Waals surface area contributed by atoms with E-state index in [1.807, 2.05) is 0 Å². The van der Waals surface area contributed by atoms with Crippen molar-refractivity contribution < 1.29 is 37.4 Å². The SMILES string of the molecule is C#Cc1cc(OCCCC(=O)OCc2ccco2)c(C#C)cc1OCCCC(=O)OCc1ccco1. The quantitative estimate of drug-likeness (QED) is 0.183. The first kappa shape index (κ1) is 26.1. The van der Waals surface area contributed by atoms with Crippen LogP contribution in [0.4, 0.5) is 0 Å². The Morgan fingerprint density at radius 3 is 1.56 bits per heavy atom. The summed E-state index contributed by atoms with van der Waals surface area (Å²) in [6.07, 6.45) is 15.5. The van der Waals surface area contributed by atoms with Crippen LogP contribution in [0.25, 0.3) is 0 Å². The minimum atomic E-state index is -0.356. The highest BCUT2D eigenvalue weighted by molar-refractivity contribution is 5.69. The normalized spacial score (nSPS) is 10.2. The number of furan rings is 2. The molecule has 2 heterocycles. The van der Waals surface area contributed by atoms with Gasteiger partial charge in [0, 0.05) is 25.0 Å². The molecule has 0 bridgehead atoms. The van der Waals surface area contributed by atoms with Gasteiger partial charge in [0.2, 0.25) is 0 Å². The molecule has 8 heteroatoms. The molecule has 0 aliphatic heterocycles. The van der Waals surface area contributed by atoms with Gasteiger partial charge in [0.25, 0.3) is 0 Å². The summed E-state index contributed by atoms with van der Waals surface area (Å²) in [7, 11) is 0. The summed E-state index contributed by atoms with van der Waals surface area (Å²) in [4.78, 5) is 23.7. The molecule has 0 unspecified atom stereocenters. The van der Waals surface area contributed by atoms with Crippen molar-refractivity contribution in [3.63, 3.8) is 0 Å². The zero-order valence-electron chi connectivity index (χ0n) is 19.7. The van der Waals surface area contributed by atoms with Crippen molar-refractivity contribution in [1.82, 2.24) is 0 Å². The first-order valence-corrected chi connectivity index (χ1v) is 11.3. The molecule has 0 saturated carbocycles. The van der Waals surface area contributed by atoms with E-state index >= 15 is 0 Å². The minimum absolute atomic E-state index is 0.0903. The number of hydrogen-bond acceptors (Lipinski definition) is 8. The molecular weight excluding hydrogens is 464 g/mol. The zero-order valence-corrected chi connectivity index (χ0v) is 19.7. The Bertz CT molecular complexity index is 1100. The largest absolute Gasteiger partial charge is 0.492 e. The van der Waals surface area contributed by atoms with Gasteiger partial charge in [0.1, 0.15) is 36.2 Å². The number of carbonyl (C=O) groups excluding carboxylic acids is 2. The topological polar surface area (TPSA) is 97.3 Å². The number of rotatable bonds is 14. The van der Waals surface area contributed by atoms with Gasteiger partial charge in [0.05, 0.1) is 36.9 Å². The molecule has 1 aromatic carbocycles. The molecule has 3 aromatic rings. The molecule has 0 atom stereocenters. The van der Waals surface area contributed by atoms with E-state index in [1.54, 1.807) is 36.4 Å². The Morgan fingerprint density at radius 2 is 1.19 bits per heavy atom. The van der Waals surface area contributed by atoms with Gasteiger partial charge in [-0.2, -0.15) is 0 Å². The fourth-order valence-corrected chi connectivity index (χ4v) is 3.06. The standard InChI is InChI=1S/C28H26O8/c1-3-21-17-26(34-16-8-12-28(30)36-20-24-10-6-14-32-24)22(4-2)18-25(21)33-15-7-11-27(29)35-19-23-9-5-13-31-23/h1-2,5-6,9-10,13-14,17-18H,7-8,11-12,15-16,19-20H2. The van der Waals surface area contributed by atoms with Crippen molar-refractivity contribution >= 4 is 11.9 Å². The summed E-state index contributed by atoms with van der Waals surface area (Å²) in [6, 6.07) is 10.2. The molecule has 0 aliphatic carbocycles. The van der Waals surface area contributed by atoms with E-state index in [-0.39, 0.29) is 51.2 Å². The van der Waals surface area contributed by atoms with Gasteiger partial charge >= 0.3 is 11.9 Å². The highest BCUT2D eigenvalue weighted by Gasteiger charge is 2.12. The summed E-state index contributed by atoms with van der Waals surface area (Å²) in [5.74, 6) is 6.39. The van der Waals surface area contributed by atoms with Crippen molar-refractivity contribution in [3.8, 4) is 36.2 Å². The summed E-state index contributed by atoms with van der Waals surface area (Å²) >= 11 is 0. The maximum absolute atomic E-state index is 11.8. The third kappa shape index (κ3) is 8.34. The van der Waals surface area contributed by atoms with Crippen LogP contribution in [0, 0.1) is 24.7 Å². The molecule has 0 saturated heterocycles. The summed E-state index contributed by atoms with van der Waals surface area (Å²) in [5, 5.41) is 0. The molecule has 186 valence electrons. The van der Waals surface area contributed by atoms with Crippen molar-refractivity contribution in [3.05, 3.63) is 71.6 Å². The predicted molar refractivity (Wildman–Crippen MR) is 129 cm³/mol. The van der Waals surface area contributed by atoms with Crippen LogP contribution >= 0.6 is 0 Å². The van der Waals surface area contributed by atoms with Crippen LogP contribution in [0.15, 0.2) is 57.8 Å². The molecule has 0 amide bonds. The first-order valence-electron chi connectivity index (χ1n) is 11.3. The lowest BCUT2D eigenvalue weighted by Gasteiger charge is -2.13. The van der Waals surface area contributed by atoms with Crippen LogP contribution < -0.4 is 9.47 Å². The van der Waals surface area contributed by atoms with Crippen molar-refractivity contribution in [2.24, 2.45) is 0 Å². The van der Waals surface area contributed by atoms with Crippen LogP contribution in [-0.4, -0.2) is 25.2 Å². The molecule has 0 radical (unpaired) electrons. The maximum Gasteiger partial charge on any atom is 0.306 e. The second-order valence-electron chi connectivity index (χ2n) is 7.52. The highest BCUT2D eigenvalue weighted by Crippen LogP contribution is 2.28. The average molecular weight is 491 g/mol. The molecule has 0 fully saturated rings. The van der Waals surface area contributed by atoms with Crippen LogP contribution in [0.3, 0.4) is 0 Å². The number of benzene rings is 1. The van der Waals surface area contributed by atoms with Gasteiger partial charge in [0.15, 0.2) is 0 Å². The fraction of sp³-hybridized carbons (Fsp3) is 0.286. The number of ether oxygens (including phenoxy) is 4. The van der Waals surface area contributed by atoms with Gasteiger partial charge in [-0.3, -0.25) is 9.59 Å². The zero-order chi connectivity index (χ0) is 25.6. The summed E-state index contributed by atoms with van der Waals surface area (Å²) < 4.78 is 32.0. The van der Waals surface area contributed by atoms with E-state index in [1.165, 1.54) is 12.5 Å². The summed E-state index contributed by atoms with van der Waals surface area (Å²) in [5.41, 5.74) is 0.921. The minimum Gasteiger partial charge on any atom is -0.492 e. The number of esters is 2. The van der Waals surface area contributed by atoms with E-state index < -0.39 is 0 Å². The molecule has 0 N–H and O–H groups in total. The summed E-state index contributed by atoms with van der Waals surface area (Å²) in [6.45, 7) is 0.670. The van der Waals surface area contributed by atoms with Gasteiger partial charge in [-0.15, -0.1) is 12.8 Å². The van der Waals surface area contributed by atoms with Crippen LogP contribution in [0.1, 0.15) is 48.3 Å². The van der Waals surface area contributed by atoms with Gasteiger partial charge in [-0.05, 0) is 37.1 Å². The molecule has 2 aromatic heterocycles. The van der Waals surface area contributed by atoms with E-state index in [2.05, 4.69) is 11.8 Å². The third-order valence-electron chi connectivity index (χ3n) is 4.87. The molecule has 36 heavy (non-hydrogen) atoms. The third-order valence-corrected chi connectivity index (χ3v) is 4.87. The predicted octanol–water partition coefficient (Wildman–Crippen LogP) is 4.64.